The Morgan fingerprint density at radius 1 is 0.781 bits per heavy atom. The van der Waals surface area contributed by atoms with Gasteiger partial charge in [0.25, 0.3) is 0 Å². The van der Waals surface area contributed by atoms with E-state index >= 15 is 0 Å². The van der Waals surface area contributed by atoms with Gasteiger partial charge < -0.3 is 55.3 Å². The maximum absolute atomic E-state index is 12.9. The van der Waals surface area contributed by atoms with E-state index in [2.05, 4.69) is 40.5 Å². The number of allylic oxidation sites excluding steroid dienone is 11. The molecule has 1 aromatic heterocycles. The van der Waals surface area contributed by atoms with Crippen LogP contribution >= 0.6 is 15.6 Å². The molecular weight excluding hydrogens is 993 g/mol. The first kappa shape index (κ1) is 64.9. The first-order chi connectivity index (χ1) is 34.9. The average Bonchev–Trinajstić information content (AvgIpc) is 3.62. The van der Waals surface area contributed by atoms with E-state index in [4.69, 9.17) is 29.0 Å². The van der Waals surface area contributed by atoms with Crippen LogP contribution in [0.25, 0.3) is 0 Å². The van der Waals surface area contributed by atoms with E-state index in [1.165, 1.54) is 37.5 Å². The van der Waals surface area contributed by atoms with Crippen LogP contribution in [-0.4, -0.2) is 119 Å². The quantitative estimate of drug-likeness (QED) is 0.0110. The van der Waals surface area contributed by atoms with Crippen LogP contribution in [0.3, 0.4) is 0 Å². The van der Waals surface area contributed by atoms with Gasteiger partial charge in [-0.2, -0.15) is 9.29 Å². The highest BCUT2D eigenvalue weighted by Gasteiger charge is 2.46. The molecule has 9 N–H and O–H groups in total. The zero-order valence-corrected chi connectivity index (χ0v) is 43.8. The largest absolute Gasteiger partial charge is 0.481 e. The molecule has 1 aliphatic heterocycles. The maximum atomic E-state index is 12.9. The summed E-state index contributed by atoms with van der Waals surface area (Å²) in [5.74, 6) is -1.68. The van der Waals surface area contributed by atoms with E-state index in [9.17, 15) is 58.8 Å². The minimum absolute atomic E-state index is 0.0213. The van der Waals surface area contributed by atoms with Gasteiger partial charge in [-0.15, -0.1) is 0 Å². The maximum Gasteiger partial charge on any atom is 0.481 e. The first-order valence-corrected chi connectivity index (χ1v) is 27.9. The van der Waals surface area contributed by atoms with E-state index < -0.39 is 102 Å². The fraction of sp³-hybridized carbons (Fsp3) is 0.600. The fourth-order valence-electron chi connectivity index (χ4n) is 6.80. The standard InChI is InChI=1S/C50H79N3O18P2/c1-3-5-7-8-9-10-11-12-13-14-15-16-17-22-26-32-45(57)66-36-40(69-46(58)33-27-31-42(56)41(55)30-25-21-19-18-20-24-29-39(54)28-23-6-4-2)37-67-72(62,63)71-73(64,65)68-38-43-47(59)48(60)49(70-43)53-35-34-44(51)52-50(53)61/h6,9-10,12-13,18-21,23-25,29-30,34-35,39-43,47-49,54-56,59-60H,3-5,7-8,11,14-17,22,26-28,31-33,36-38H2,1-2H3,(H,62,63)(H,64,65)(H2,51,52,61)/b10-9-,13-12-,20-18+,21-19-,23-6-,29-24+,30-25-/t39-,40+,41+,42+,43+,47+,48+,49+/m0/s1. The number of unbranched alkanes of at least 4 members (excludes halogenated alkanes) is 8. The van der Waals surface area contributed by atoms with Crippen LogP contribution < -0.4 is 11.4 Å². The molecule has 2 heterocycles. The molecule has 0 spiro atoms. The first-order valence-electron chi connectivity index (χ1n) is 24.9. The Bertz CT molecular complexity index is 2110. The number of anilines is 1. The third-order valence-electron chi connectivity index (χ3n) is 10.8. The number of hydrogen-bond acceptors (Lipinski definition) is 18. The molecule has 1 saturated heterocycles. The van der Waals surface area contributed by atoms with Crippen LogP contribution in [-0.2, 0) is 46.3 Å². The van der Waals surface area contributed by atoms with Crippen LogP contribution in [0.1, 0.15) is 129 Å². The summed E-state index contributed by atoms with van der Waals surface area (Å²) >= 11 is 0. The van der Waals surface area contributed by atoms with Gasteiger partial charge in [-0.05, 0) is 70.3 Å². The number of carbonyl (C=O) groups is 2. The van der Waals surface area contributed by atoms with Crippen molar-refractivity contribution < 1.29 is 81.6 Å². The predicted octanol–water partition coefficient (Wildman–Crippen LogP) is 6.80. The monoisotopic (exact) mass is 1070 g/mol. The van der Waals surface area contributed by atoms with Crippen molar-refractivity contribution in [1.29, 1.82) is 0 Å². The zero-order valence-electron chi connectivity index (χ0n) is 42.0. The van der Waals surface area contributed by atoms with Crippen LogP contribution in [0.4, 0.5) is 5.82 Å². The SMILES string of the molecule is CC/C=C\C[C@H](O)/C=C/C=C/C=C\C=C/[C@@H](O)[C@H](O)CCCC(=O)O[C@H](COC(=O)CCCCCCC/C=C\C/C=C\CCCCC)COP(=O)(O)OP(=O)(O)OC[C@H]1O[C@@H](n2ccc(N)nc2=O)[C@H](O)[C@@H]1O. The molecule has 0 bridgehead atoms. The lowest BCUT2D eigenvalue weighted by molar-refractivity contribution is -0.161. The summed E-state index contributed by atoms with van der Waals surface area (Å²) in [7, 11) is -11.0. The van der Waals surface area contributed by atoms with Crippen molar-refractivity contribution in [1.82, 2.24) is 9.55 Å². The molecule has 0 saturated carbocycles. The van der Waals surface area contributed by atoms with Crippen molar-refractivity contribution in [3.8, 4) is 0 Å². The molecule has 21 nitrogen and oxygen atoms in total. The van der Waals surface area contributed by atoms with Gasteiger partial charge >= 0.3 is 33.3 Å². The molecule has 0 aromatic carbocycles. The van der Waals surface area contributed by atoms with Gasteiger partial charge in [-0.3, -0.25) is 23.2 Å². The molecule has 73 heavy (non-hydrogen) atoms. The number of nitrogens with two attached hydrogens (primary N) is 1. The molecule has 1 aromatic rings. The summed E-state index contributed by atoms with van der Waals surface area (Å²) in [4.78, 5) is 61.9. The number of phosphoric ester groups is 2. The molecular formula is C50H79N3O18P2. The summed E-state index contributed by atoms with van der Waals surface area (Å²) in [6, 6.07) is 1.22. The predicted molar refractivity (Wildman–Crippen MR) is 274 cm³/mol. The zero-order chi connectivity index (χ0) is 53.9. The summed E-state index contributed by atoms with van der Waals surface area (Å²) in [5.41, 5.74) is 4.55. The molecule has 10 atom stereocenters. The number of esters is 2. The molecule has 2 unspecified atom stereocenters. The number of carbonyl (C=O) groups excluding carboxylic acids is 2. The normalized spacial score (nSPS) is 21.0. The van der Waals surface area contributed by atoms with Crippen LogP contribution in [0.2, 0.25) is 0 Å². The van der Waals surface area contributed by atoms with Crippen molar-refractivity contribution in [2.75, 3.05) is 25.6 Å². The number of nitrogen functional groups attached to an aromatic ring is 1. The Labute approximate surface area is 428 Å². The number of aliphatic hydroxyl groups excluding tert-OH is 5. The summed E-state index contributed by atoms with van der Waals surface area (Å²) < 4.78 is 56.4. The summed E-state index contributed by atoms with van der Waals surface area (Å²) in [6.07, 6.45) is 27.4. The summed E-state index contributed by atoms with van der Waals surface area (Å²) in [6.45, 7) is 1.57. The Kier molecular flexibility index (Phi) is 33.4. The Hall–Kier alpha value is -4.18. The van der Waals surface area contributed by atoms with E-state index in [0.717, 1.165) is 62.1 Å². The van der Waals surface area contributed by atoms with Gasteiger partial charge in [-0.1, -0.05) is 131 Å². The summed E-state index contributed by atoms with van der Waals surface area (Å²) in [5, 5.41) is 51.6. The van der Waals surface area contributed by atoms with Crippen molar-refractivity contribution >= 4 is 33.4 Å². The van der Waals surface area contributed by atoms with Crippen molar-refractivity contribution in [3.63, 3.8) is 0 Å². The van der Waals surface area contributed by atoms with Crippen LogP contribution in [0.15, 0.2) is 102 Å². The van der Waals surface area contributed by atoms with Crippen LogP contribution in [0, 0.1) is 0 Å². The van der Waals surface area contributed by atoms with Crippen molar-refractivity contribution in [3.05, 3.63) is 108 Å². The molecule has 412 valence electrons. The smallest absolute Gasteiger partial charge is 0.462 e. The molecule has 0 aliphatic carbocycles. The number of phosphoric acid groups is 2. The second-order valence-corrected chi connectivity index (χ2v) is 20.2. The number of rotatable bonds is 39. The topological polar surface area (TPSA) is 326 Å². The highest BCUT2D eigenvalue weighted by atomic mass is 31.3. The lowest BCUT2D eigenvalue weighted by Gasteiger charge is -2.21. The highest BCUT2D eigenvalue weighted by molar-refractivity contribution is 7.61. The van der Waals surface area contributed by atoms with Gasteiger partial charge in [0.15, 0.2) is 12.3 Å². The third kappa shape index (κ3) is 30.1. The van der Waals surface area contributed by atoms with E-state index in [1.807, 2.05) is 19.1 Å². The molecule has 2 rings (SSSR count). The molecule has 1 aliphatic rings. The van der Waals surface area contributed by atoms with Crippen LogP contribution in [0.5, 0.6) is 0 Å². The van der Waals surface area contributed by atoms with E-state index in [0.29, 0.717) is 12.8 Å². The highest BCUT2D eigenvalue weighted by Crippen LogP contribution is 2.60. The molecule has 23 heteroatoms. The Morgan fingerprint density at radius 3 is 2.10 bits per heavy atom. The van der Waals surface area contributed by atoms with Gasteiger partial charge in [-0.25, -0.2) is 13.9 Å². The fourth-order valence-corrected chi connectivity index (χ4v) is 8.91. The number of hydrogen-bond donors (Lipinski definition) is 8. The minimum atomic E-state index is -5.52. The number of aromatic nitrogens is 2. The lowest BCUT2D eigenvalue weighted by atomic mass is 10.1. The van der Waals surface area contributed by atoms with Gasteiger partial charge in [0.05, 0.1) is 31.5 Å². The van der Waals surface area contributed by atoms with Gasteiger partial charge in [0, 0.05) is 19.0 Å². The second kappa shape index (κ2) is 37.5. The second-order valence-electron chi connectivity index (χ2n) is 17.1. The average molecular weight is 1070 g/mol. The van der Waals surface area contributed by atoms with E-state index in [-0.39, 0.29) is 31.5 Å². The molecule has 0 radical (unpaired) electrons. The third-order valence-corrected chi connectivity index (χ3v) is 13.4. The molecule has 1 fully saturated rings. The Balaban J connectivity index is 1.91. The number of ether oxygens (including phenoxy) is 3. The number of aliphatic hydroxyl groups is 5. The van der Waals surface area contributed by atoms with Crippen molar-refractivity contribution in [2.45, 2.75) is 172 Å². The number of nitrogens with zero attached hydrogens (tertiary/aromatic N) is 2. The van der Waals surface area contributed by atoms with Crippen molar-refractivity contribution in [2.24, 2.45) is 0 Å². The molecule has 0 amide bonds. The minimum Gasteiger partial charge on any atom is -0.462 e. The lowest BCUT2D eigenvalue weighted by Crippen LogP contribution is -2.36. The Morgan fingerprint density at radius 2 is 1.41 bits per heavy atom. The van der Waals surface area contributed by atoms with Gasteiger partial charge in [0.2, 0.25) is 0 Å². The van der Waals surface area contributed by atoms with E-state index in [1.54, 1.807) is 36.5 Å². The van der Waals surface area contributed by atoms with Gasteiger partial charge in [0.1, 0.15) is 30.7 Å².